The lowest BCUT2D eigenvalue weighted by Crippen LogP contribution is -2.23. The van der Waals surface area contributed by atoms with Crippen molar-refractivity contribution in [1.29, 1.82) is 0 Å². The molecule has 2 heterocycles. The van der Waals surface area contributed by atoms with Gasteiger partial charge < -0.3 is 14.9 Å². The van der Waals surface area contributed by atoms with Crippen molar-refractivity contribution in [2.75, 3.05) is 12.0 Å². The van der Waals surface area contributed by atoms with Crippen LogP contribution in [-0.4, -0.2) is 27.6 Å². The number of allylic oxidation sites excluding steroid dienone is 1. The SMILES string of the molecule is C=C(C)c1c(C(=C)c2cc(C)sc2C)c(O)n(NC(=O)OCCCC)c1O. The summed E-state index contributed by atoms with van der Waals surface area (Å²) in [4.78, 5) is 14.1. The van der Waals surface area contributed by atoms with Gasteiger partial charge in [-0.2, -0.15) is 4.68 Å². The molecule has 0 saturated heterocycles. The van der Waals surface area contributed by atoms with E-state index in [1.54, 1.807) is 18.3 Å². The minimum atomic E-state index is -0.767. The maximum absolute atomic E-state index is 12.0. The van der Waals surface area contributed by atoms with Gasteiger partial charge in [-0.15, -0.1) is 11.3 Å². The van der Waals surface area contributed by atoms with E-state index in [-0.39, 0.29) is 18.4 Å². The molecule has 0 aromatic carbocycles. The summed E-state index contributed by atoms with van der Waals surface area (Å²) in [5, 5.41) is 21.3. The lowest BCUT2D eigenvalue weighted by molar-refractivity contribution is 0.155. The Kier molecular flexibility index (Phi) is 6.38. The standard InChI is InChI=1S/C20H26N2O4S/c1-7-8-9-26-20(25)21-22-18(23)16(11(2)3)17(19(22)24)13(5)15-10-12(4)27-14(15)6/h10,23-24H,2,5,7-9H2,1,3-4,6H3,(H,21,25). The zero-order chi connectivity index (χ0) is 20.3. The van der Waals surface area contributed by atoms with E-state index in [1.165, 1.54) is 0 Å². The summed E-state index contributed by atoms with van der Waals surface area (Å²) >= 11 is 1.62. The van der Waals surface area contributed by atoms with E-state index < -0.39 is 6.09 Å². The van der Waals surface area contributed by atoms with Gasteiger partial charge in [-0.3, -0.25) is 0 Å². The number of rotatable bonds is 7. The molecular weight excluding hydrogens is 364 g/mol. The Balaban J connectivity index is 2.46. The fraction of sp³-hybridized carbons (Fsp3) is 0.350. The topological polar surface area (TPSA) is 83.7 Å². The number of nitrogens with zero attached hydrogens (tertiary/aromatic N) is 1. The maximum Gasteiger partial charge on any atom is 0.426 e. The molecule has 2 rings (SSSR count). The van der Waals surface area contributed by atoms with E-state index in [0.29, 0.717) is 22.3 Å². The fourth-order valence-electron chi connectivity index (χ4n) is 2.84. The minimum Gasteiger partial charge on any atom is -0.493 e. The van der Waals surface area contributed by atoms with Gasteiger partial charge in [0.15, 0.2) is 0 Å². The van der Waals surface area contributed by atoms with Crippen LogP contribution >= 0.6 is 11.3 Å². The fourth-order valence-corrected chi connectivity index (χ4v) is 3.79. The molecule has 0 fully saturated rings. The molecule has 0 atom stereocenters. The second-order valence-electron chi connectivity index (χ2n) is 6.42. The number of carbonyl (C=O) groups excluding carboxylic acids is 1. The van der Waals surface area contributed by atoms with Gasteiger partial charge in [0.25, 0.3) is 0 Å². The third-order valence-corrected chi connectivity index (χ3v) is 5.12. The van der Waals surface area contributed by atoms with Crippen molar-refractivity contribution >= 4 is 28.6 Å². The lowest BCUT2D eigenvalue weighted by Gasteiger charge is -2.10. The highest BCUT2D eigenvalue weighted by atomic mass is 32.1. The molecule has 0 aliphatic rings. The van der Waals surface area contributed by atoms with E-state index in [0.717, 1.165) is 32.8 Å². The minimum absolute atomic E-state index is 0.255. The molecule has 6 nitrogen and oxygen atoms in total. The number of unbranched alkanes of at least 4 members (excludes halogenated alkanes) is 1. The first kappa shape index (κ1) is 20.6. The van der Waals surface area contributed by atoms with Crippen LogP contribution in [0.25, 0.3) is 11.1 Å². The number of nitrogens with one attached hydrogen (secondary N) is 1. The van der Waals surface area contributed by atoms with Gasteiger partial charge in [-0.1, -0.05) is 26.5 Å². The highest BCUT2D eigenvalue weighted by molar-refractivity contribution is 7.12. The number of aryl methyl sites for hydroxylation is 2. The smallest absolute Gasteiger partial charge is 0.426 e. The first-order valence-electron chi connectivity index (χ1n) is 8.71. The van der Waals surface area contributed by atoms with Crippen molar-refractivity contribution in [3.8, 4) is 11.8 Å². The van der Waals surface area contributed by atoms with Crippen LogP contribution in [-0.2, 0) is 4.74 Å². The number of aromatic nitrogens is 1. The average molecular weight is 391 g/mol. The number of aromatic hydroxyl groups is 2. The van der Waals surface area contributed by atoms with Crippen LogP contribution in [0.1, 0.15) is 53.1 Å². The first-order chi connectivity index (χ1) is 12.7. The third kappa shape index (κ3) is 4.19. The van der Waals surface area contributed by atoms with Gasteiger partial charge in [-0.05, 0) is 50.0 Å². The highest BCUT2D eigenvalue weighted by Crippen LogP contribution is 2.44. The van der Waals surface area contributed by atoms with Crippen molar-refractivity contribution in [3.05, 3.63) is 45.7 Å². The lowest BCUT2D eigenvalue weighted by atomic mass is 9.96. The number of carbonyl (C=O) groups is 1. The van der Waals surface area contributed by atoms with Crippen molar-refractivity contribution in [2.45, 2.75) is 40.5 Å². The highest BCUT2D eigenvalue weighted by Gasteiger charge is 2.27. The van der Waals surface area contributed by atoms with E-state index in [1.807, 2.05) is 26.8 Å². The monoisotopic (exact) mass is 390 g/mol. The molecule has 0 aliphatic carbocycles. The van der Waals surface area contributed by atoms with Gasteiger partial charge in [-0.25, -0.2) is 10.2 Å². The first-order valence-corrected chi connectivity index (χ1v) is 9.53. The van der Waals surface area contributed by atoms with Crippen LogP contribution in [0.4, 0.5) is 4.79 Å². The molecule has 0 spiro atoms. The van der Waals surface area contributed by atoms with Crippen LogP contribution < -0.4 is 5.43 Å². The Morgan fingerprint density at radius 2 is 1.89 bits per heavy atom. The van der Waals surface area contributed by atoms with Crippen molar-refractivity contribution < 1.29 is 19.7 Å². The van der Waals surface area contributed by atoms with Crippen molar-refractivity contribution in [3.63, 3.8) is 0 Å². The largest absolute Gasteiger partial charge is 0.493 e. The Hall–Kier alpha value is -2.67. The van der Waals surface area contributed by atoms with Crippen LogP contribution in [0.5, 0.6) is 11.8 Å². The molecule has 7 heteroatoms. The molecule has 146 valence electrons. The average Bonchev–Trinajstić information content (AvgIpc) is 3.05. The summed E-state index contributed by atoms with van der Waals surface area (Å²) in [7, 11) is 0. The van der Waals surface area contributed by atoms with E-state index in [2.05, 4.69) is 18.6 Å². The van der Waals surface area contributed by atoms with Gasteiger partial charge >= 0.3 is 6.09 Å². The van der Waals surface area contributed by atoms with E-state index in [9.17, 15) is 15.0 Å². The second-order valence-corrected chi connectivity index (χ2v) is 7.88. The molecule has 27 heavy (non-hydrogen) atoms. The molecule has 0 unspecified atom stereocenters. The summed E-state index contributed by atoms with van der Waals surface area (Å²) in [6.45, 7) is 15.9. The molecule has 0 bridgehead atoms. The Morgan fingerprint density at radius 1 is 1.26 bits per heavy atom. The summed E-state index contributed by atoms with van der Waals surface area (Å²) in [5.41, 5.74) is 4.96. The summed E-state index contributed by atoms with van der Waals surface area (Å²) in [6.07, 6.45) is 0.848. The molecule has 2 aromatic rings. The molecule has 2 aromatic heterocycles. The van der Waals surface area contributed by atoms with Gasteiger partial charge in [0.2, 0.25) is 11.8 Å². The molecule has 1 amide bonds. The molecule has 0 aliphatic heterocycles. The number of ether oxygens (including phenoxy) is 1. The Labute approximate surface area is 163 Å². The molecule has 3 N–H and O–H groups in total. The number of amides is 1. The number of hydrogen-bond acceptors (Lipinski definition) is 5. The molecule has 0 radical (unpaired) electrons. The summed E-state index contributed by atoms with van der Waals surface area (Å²) < 4.78 is 5.93. The Bertz CT molecular complexity index is 892. The van der Waals surface area contributed by atoms with E-state index >= 15 is 0 Å². The number of thiophene rings is 1. The van der Waals surface area contributed by atoms with E-state index in [4.69, 9.17) is 4.74 Å². The van der Waals surface area contributed by atoms with Crippen LogP contribution in [0.15, 0.2) is 19.2 Å². The summed E-state index contributed by atoms with van der Waals surface area (Å²) in [5.74, 6) is -0.653. The van der Waals surface area contributed by atoms with Crippen LogP contribution in [0.2, 0.25) is 0 Å². The summed E-state index contributed by atoms with van der Waals surface area (Å²) in [6, 6.07) is 1.98. The van der Waals surface area contributed by atoms with Gasteiger partial charge in [0, 0.05) is 9.75 Å². The van der Waals surface area contributed by atoms with Crippen LogP contribution in [0.3, 0.4) is 0 Å². The predicted molar refractivity (Wildman–Crippen MR) is 110 cm³/mol. The normalized spacial score (nSPS) is 10.7. The zero-order valence-corrected chi connectivity index (χ0v) is 17.0. The predicted octanol–water partition coefficient (Wildman–Crippen LogP) is 5.15. The second kappa shape index (κ2) is 8.35. The van der Waals surface area contributed by atoms with Crippen molar-refractivity contribution in [1.82, 2.24) is 4.68 Å². The quantitative estimate of drug-likeness (QED) is 0.571. The molecular formula is C20H26N2O4S. The third-order valence-electron chi connectivity index (χ3n) is 4.15. The van der Waals surface area contributed by atoms with Gasteiger partial charge in [0.1, 0.15) is 0 Å². The number of hydrogen-bond donors (Lipinski definition) is 3. The van der Waals surface area contributed by atoms with Crippen LogP contribution in [0, 0.1) is 13.8 Å². The molecule has 0 saturated carbocycles. The zero-order valence-electron chi connectivity index (χ0n) is 16.2. The maximum atomic E-state index is 12.0. The Morgan fingerprint density at radius 3 is 2.41 bits per heavy atom. The van der Waals surface area contributed by atoms with Gasteiger partial charge in [0.05, 0.1) is 17.7 Å². The van der Waals surface area contributed by atoms with Crippen molar-refractivity contribution in [2.24, 2.45) is 0 Å².